The SMILES string of the molecule is Cc1ccc(Cl)c(NS(=O)(=O)c2ccc(C(N)=S)s2)c1Cl. The molecule has 1 aromatic heterocycles. The third kappa shape index (κ3) is 3.49. The molecule has 0 saturated carbocycles. The van der Waals surface area contributed by atoms with E-state index in [-0.39, 0.29) is 24.9 Å². The highest BCUT2D eigenvalue weighted by atomic mass is 35.5. The first-order valence-electron chi connectivity index (χ1n) is 5.59. The molecule has 2 aromatic rings. The molecule has 4 nitrogen and oxygen atoms in total. The zero-order valence-corrected chi connectivity index (χ0v) is 14.6. The molecule has 112 valence electrons. The van der Waals surface area contributed by atoms with E-state index in [0.29, 0.717) is 10.4 Å². The average Bonchev–Trinajstić information content (AvgIpc) is 2.90. The fourth-order valence-corrected chi connectivity index (χ4v) is 4.55. The first kappa shape index (κ1) is 16.5. The Balaban J connectivity index is 2.42. The number of halogens is 2. The number of sulfonamides is 1. The minimum Gasteiger partial charge on any atom is -0.389 e. The first-order chi connectivity index (χ1) is 9.72. The summed E-state index contributed by atoms with van der Waals surface area (Å²) in [6.45, 7) is 1.76. The highest BCUT2D eigenvalue weighted by Crippen LogP contribution is 2.35. The van der Waals surface area contributed by atoms with Gasteiger partial charge in [0, 0.05) is 0 Å². The summed E-state index contributed by atoms with van der Waals surface area (Å²) in [6.07, 6.45) is 0. The van der Waals surface area contributed by atoms with Crippen LogP contribution in [0.4, 0.5) is 5.69 Å². The van der Waals surface area contributed by atoms with Crippen molar-refractivity contribution < 1.29 is 8.42 Å². The summed E-state index contributed by atoms with van der Waals surface area (Å²) in [5.41, 5.74) is 6.35. The molecule has 0 bridgehead atoms. The maximum Gasteiger partial charge on any atom is 0.271 e. The van der Waals surface area contributed by atoms with Crippen molar-refractivity contribution in [2.24, 2.45) is 5.73 Å². The summed E-state index contributed by atoms with van der Waals surface area (Å²) >= 11 is 17.9. The van der Waals surface area contributed by atoms with Crippen molar-refractivity contribution in [1.29, 1.82) is 0 Å². The lowest BCUT2D eigenvalue weighted by atomic mass is 10.2. The Labute approximate surface area is 141 Å². The molecule has 0 spiro atoms. The molecule has 0 amide bonds. The normalized spacial score (nSPS) is 11.4. The number of hydrogen-bond donors (Lipinski definition) is 2. The van der Waals surface area contributed by atoms with Crippen LogP contribution in [-0.2, 0) is 10.0 Å². The topological polar surface area (TPSA) is 72.2 Å². The maximum atomic E-state index is 12.4. The van der Waals surface area contributed by atoms with E-state index in [1.54, 1.807) is 25.1 Å². The molecule has 9 heteroatoms. The molecular weight excluding hydrogens is 371 g/mol. The number of nitrogens with two attached hydrogens (primary N) is 1. The Hall–Kier alpha value is -0.860. The number of hydrogen-bond acceptors (Lipinski definition) is 4. The van der Waals surface area contributed by atoms with E-state index < -0.39 is 10.0 Å². The minimum absolute atomic E-state index is 0.0824. The van der Waals surface area contributed by atoms with E-state index in [2.05, 4.69) is 4.72 Å². The Morgan fingerprint density at radius 2 is 1.95 bits per heavy atom. The summed E-state index contributed by atoms with van der Waals surface area (Å²) in [4.78, 5) is 0.667. The Morgan fingerprint density at radius 3 is 2.52 bits per heavy atom. The zero-order chi connectivity index (χ0) is 15.8. The van der Waals surface area contributed by atoms with Crippen LogP contribution >= 0.6 is 46.8 Å². The predicted molar refractivity (Wildman–Crippen MR) is 92.2 cm³/mol. The lowest BCUT2D eigenvalue weighted by Gasteiger charge is -2.11. The maximum absolute atomic E-state index is 12.4. The van der Waals surface area contributed by atoms with Crippen molar-refractivity contribution in [1.82, 2.24) is 0 Å². The molecule has 3 N–H and O–H groups in total. The minimum atomic E-state index is -3.80. The van der Waals surface area contributed by atoms with Crippen LogP contribution in [0.25, 0.3) is 0 Å². The van der Waals surface area contributed by atoms with Crippen molar-refractivity contribution >= 4 is 67.5 Å². The molecule has 21 heavy (non-hydrogen) atoms. The van der Waals surface area contributed by atoms with E-state index in [4.69, 9.17) is 41.2 Å². The second-order valence-corrected chi connectivity index (χ2v) is 8.36. The van der Waals surface area contributed by atoms with Gasteiger partial charge in [-0.25, -0.2) is 8.42 Å². The number of nitrogens with one attached hydrogen (secondary N) is 1. The van der Waals surface area contributed by atoms with Crippen molar-refractivity contribution in [3.8, 4) is 0 Å². The van der Waals surface area contributed by atoms with Crippen LogP contribution < -0.4 is 10.5 Å². The van der Waals surface area contributed by atoms with Crippen LogP contribution in [0, 0.1) is 6.92 Å². The van der Waals surface area contributed by atoms with Crippen molar-refractivity contribution in [2.75, 3.05) is 4.72 Å². The molecule has 0 aliphatic carbocycles. The summed E-state index contributed by atoms with van der Waals surface area (Å²) < 4.78 is 27.2. The van der Waals surface area contributed by atoms with Gasteiger partial charge in [0.25, 0.3) is 10.0 Å². The fourth-order valence-electron chi connectivity index (χ4n) is 1.53. The molecule has 2 rings (SSSR count). The second kappa shape index (κ2) is 6.10. The van der Waals surface area contributed by atoms with Gasteiger partial charge in [-0.2, -0.15) is 0 Å². The van der Waals surface area contributed by atoms with Gasteiger partial charge in [0.05, 0.1) is 20.6 Å². The van der Waals surface area contributed by atoms with Gasteiger partial charge < -0.3 is 5.73 Å². The van der Waals surface area contributed by atoms with Crippen LogP contribution in [0.3, 0.4) is 0 Å². The van der Waals surface area contributed by atoms with Gasteiger partial charge in [-0.15, -0.1) is 11.3 Å². The van der Waals surface area contributed by atoms with E-state index in [1.165, 1.54) is 6.07 Å². The number of benzene rings is 1. The van der Waals surface area contributed by atoms with Gasteiger partial charge in [-0.05, 0) is 30.7 Å². The summed E-state index contributed by atoms with van der Waals surface area (Å²) in [7, 11) is -3.80. The van der Waals surface area contributed by atoms with Gasteiger partial charge in [0.2, 0.25) is 0 Å². The van der Waals surface area contributed by atoms with Gasteiger partial charge >= 0.3 is 0 Å². The van der Waals surface area contributed by atoms with E-state index in [9.17, 15) is 8.42 Å². The molecule has 1 heterocycles. The fraction of sp³-hybridized carbons (Fsp3) is 0.0833. The van der Waals surface area contributed by atoms with Crippen LogP contribution in [0.5, 0.6) is 0 Å². The largest absolute Gasteiger partial charge is 0.389 e. The van der Waals surface area contributed by atoms with E-state index in [1.807, 2.05) is 0 Å². The standard InChI is InChI=1S/C12H10Cl2N2O2S3/c1-6-2-3-7(13)11(10(6)14)16-21(17,18)9-5-4-8(20-9)12(15)19/h2-5,16H,1H3,(H2,15,19). The smallest absolute Gasteiger partial charge is 0.271 e. The van der Waals surface area contributed by atoms with Crippen molar-refractivity contribution in [3.05, 3.63) is 44.8 Å². The van der Waals surface area contributed by atoms with Crippen LogP contribution in [-0.4, -0.2) is 13.4 Å². The monoisotopic (exact) mass is 380 g/mol. The third-order valence-electron chi connectivity index (χ3n) is 2.61. The molecule has 0 unspecified atom stereocenters. The number of thiocarbonyl (C=S) groups is 1. The number of aryl methyl sites for hydroxylation is 1. The molecule has 0 aliphatic rings. The van der Waals surface area contributed by atoms with Gasteiger partial charge in [-0.1, -0.05) is 41.5 Å². The molecule has 0 aliphatic heterocycles. The quantitative estimate of drug-likeness (QED) is 0.791. The summed E-state index contributed by atoms with van der Waals surface area (Å²) in [6, 6.07) is 6.27. The van der Waals surface area contributed by atoms with Crippen LogP contribution in [0.2, 0.25) is 10.0 Å². The predicted octanol–water partition coefficient (Wildman–Crippen LogP) is 3.80. The molecule has 0 radical (unpaired) electrons. The first-order valence-corrected chi connectivity index (χ1v) is 9.06. The average molecular weight is 381 g/mol. The highest BCUT2D eigenvalue weighted by molar-refractivity contribution is 7.94. The Bertz CT molecular complexity index is 816. The zero-order valence-electron chi connectivity index (χ0n) is 10.7. The number of thiophene rings is 1. The van der Waals surface area contributed by atoms with Gasteiger partial charge in [0.1, 0.15) is 9.20 Å². The van der Waals surface area contributed by atoms with Gasteiger partial charge in [-0.3, -0.25) is 4.72 Å². The molecule has 0 fully saturated rings. The number of rotatable bonds is 4. The Kier molecular flexibility index (Phi) is 4.79. The second-order valence-electron chi connectivity index (χ2n) is 4.14. The lowest BCUT2D eigenvalue weighted by molar-refractivity contribution is 0.603. The van der Waals surface area contributed by atoms with Crippen molar-refractivity contribution in [3.63, 3.8) is 0 Å². The van der Waals surface area contributed by atoms with Crippen LogP contribution in [0.15, 0.2) is 28.5 Å². The molecule has 1 aromatic carbocycles. The molecule has 0 saturated heterocycles. The lowest BCUT2D eigenvalue weighted by Crippen LogP contribution is -2.12. The highest BCUT2D eigenvalue weighted by Gasteiger charge is 2.21. The molecule has 0 atom stereocenters. The van der Waals surface area contributed by atoms with E-state index >= 15 is 0 Å². The number of anilines is 1. The Morgan fingerprint density at radius 1 is 1.29 bits per heavy atom. The van der Waals surface area contributed by atoms with E-state index in [0.717, 1.165) is 11.3 Å². The van der Waals surface area contributed by atoms with Gasteiger partial charge in [0.15, 0.2) is 0 Å². The molecular formula is C12H10Cl2N2O2S3. The summed E-state index contributed by atoms with van der Waals surface area (Å²) in [5.74, 6) is 0. The third-order valence-corrected chi connectivity index (χ3v) is 6.72. The summed E-state index contributed by atoms with van der Waals surface area (Å²) in [5, 5.41) is 0.484. The van der Waals surface area contributed by atoms with Crippen LogP contribution in [0.1, 0.15) is 10.4 Å². The van der Waals surface area contributed by atoms with Crippen molar-refractivity contribution in [2.45, 2.75) is 11.1 Å².